The third-order valence-corrected chi connectivity index (χ3v) is 3.97. The molecule has 0 radical (unpaired) electrons. The number of amides is 1. The van der Waals surface area contributed by atoms with E-state index in [9.17, 15) is 22.0 Å². The molecule has 1 atom stereocenters. The van der Waals surface area contributed by atoms with Crippen LogP contribution in [0.4, 0.5) is 20.2 Å². The molecule has 0 saturated carbocycles. The van der Waals surface area contributed by atoms with Crippen LogP contribution in [-0.2, 0) is 14.8 Å². The minimum Gasteiger partial charge on any atom is -0.395 e. The number of benzene rings is 1. The molecule has 0 spiro atoms. The van der Waals surface area contributed by atoms with Crippen LogP contribution in [0.5, 0.6) is 0 Å². The van der Waals surface area contributed by atoms with Crippen molar-refractivity contribution >= 4 is 27.3 Å². The van der Waals surface area contributed by atoms with Crippen LogP contribution in [0.1, 0.15) is 6.42 Å². The lowest BCUT2D eigenvalue weighted by atomic mass is 10.1. The Morgan fingerprint density at radius 2 is 2.00 bits per heavy atom. The van der Waals surface area contributed by atoms with Gasteiger partial charge in [-0.25, -0.2) is 22.3 Å². The number of nitrogen functional groups attached to an aromatic ring is 1. The van der Waals surface area contributed by atoms with Gasteiger partial charge in [0.15, 0.2) is 5.82 Å². The number of hydrogen-bond donors (Lipinski definition) is 2. The lowest BCUT2D eigenvalue weighted by molar-refractivity contribution is -0.117. The molecule has 20 heavy (non-hydrogen) atoms. The molecule has 110 valence electrons. The van der Waals surface area contributed by atoms with E-state index < -0.39 is 33.5 Å². The van der Waals surface area contributed by atoms with Gasteiger partial charge in [-0.15, -0.1) is 0 Å². The third-order valence-electron chi connectivity index (χ3n) is 3.04. The molecule has 1 aliphatic heterocycles. The Morgan fingerprint density at radius 3 is 2.60 bits per heavy atom. The molecule has 9 heteroatoms. The van der Waals surface area contributed by atoms with Gasteiger partial charge < -0.3 is 10.6 Å². The van der Waals surface area contributed by atoms with Gasteiger partial charge in [0.05, 0.1) is 17.1 Å². The lowest BCUT2D eigenvalue weighted by Gasteiger charge is -2.19. The zero-order valence-electron chi connectivity index (χ0n) is 10.3. The van der Waals surface area contributed by atoms with Crippen molar-refractivity contribution in [3.8, 4) is 0 Å². The molecule has 0 aromatic heterocycles. The minimum atomic E-state index is -3.72. The summed E-state index contributed by atoms with van der Waals surface area (Å²) < 4.78 is 48.6. The second kappa shape index (κ2) is 4.98. The van der Waals surface area contributed by atoms with Crippen molar-refractivity contribution in [3.05, 3.63) is 23.8 Å². The molecule has 0 bridgehead atoms. The normalized spacial score (nSPS) is 19.6. The molecule has 1 fully saturated rings. The maximum atomic E-state index is 13.4. The summed E-state index contributed by atoms with van der Waals surface area (Å²) >= 11 is 0. The number of hydrogen-bond acceptors (Lipinski definition) is 4. The van der Waals surface area contributed by atoms with E-state index in [1.54, 1.807) is 0 Å². The van der Waals surface area contributed by atoms with Gasteiger partial charge in [0, 0.05) is 24.9 Å². The number of nitrogens with two attached hydrogens (primary N) is 2. The number of carbonyl (C=O) groups is 1. The van der Waals surface area contributed by atoms with Crippen LogP contribution in [0.25, 0.3) is 0 Å². The SMILES string of the molecule is Nc1c(F)cc(F)cc1N1CC(CS(N)(=O)=O)CC1=O. The molecule has 0 aliphatic carbocycles. The van der Waals surface area contributed by atoms with E-state index in [1.807, 2.05) is 0 Å². The van der Waals surface area contributed by atoms with Crippen molar-refractivity contribution in [3.63, 3.8) is 0 Å². The predicted molar refractivity (Wildman–Crippen MR) is 69.2 cm³/mol. The van der Waals surface area contributed by atoms with Crippen LogP contribution < -0.4 is 15.8 Å². The molecule has 1 saturated heterocycles. The Kier molecular flexibility index (Phi) is 3.65. The van der Waals surface area contributed by atoms with E-state index >= 15 is 0 Å². The second-order valence-corrected chi connectivity index (χ2v) is 6.38. The van der Waals surface area contributed by atoms with Crippen LogP contribution in [0.3, 0.4) is 0 Å². The number of anilines is 2. The first-order valence-electron chi connectivity index (χ1n) is 5.72. The van der Waals surface area contributed by atoms with Gasteiger partial charge >= 0.3 is 0 Å². The quantitative estimate of drug-likeness (QED) is 0.777. The third kappa shape index (κ3) is 3.05. The standard InChI is InChI=1S/C11H13F2N3O3S/c12-7-2-8(13)11(14)9(3-7)16-4-6(1-10(16)17)5-20(15,18)19/h2-3,6H,1,4-5,14H2,(H2,15,18,19). The van der Waals surface area contributed by atoms with Crippen molar-refractivity contribution in [2.45, 2.75) is 6.42 Å². The van der Waals surface area contributed by atoms with Gasteiger partial charge in [-0.2, -0.15) is 0 Å². The van der Waals surface area contributed by atoms with Crippen LogP contribution in [-0.4, -0.2) is 26.6 Å². The van der Waals surface area contributed by atoms with Crippen LogP contribution in [0.15, 0.2) is 12.1 Å². The van der Waals surface area contributed by atoms with Crippen LogP contribution >= 0.6 is 0 Å². The van der Waals surface area contributed by atoms with Crippen molar-refractivity contribution in [1.29, 1.82) is 0 Å². The number of rotatable bonds is 3. The minimum absolute atomic E-state index is 0.00234. The Balaban J connectivity index is 2.29. The Labute approximate surface area is 114 Å². The summed E-state index contributed by atoms with van der Waals surface area (Å²) in [6.45, 7) is 0.00234. The van der Waals surface area contributed by atoms with E-state index in [0.717, 1.165) is 11.0 Å². The van der Waals surface area contributed by atoms with Gasteiger partial charge in [-0.1, -0.05) is 0 Å². The van der Waals surface area contributed by atoms with Crippen LogP contribution in [0.2, 0.25) is 0 Å². The highest BCUT2D eigenvalue weighted by atomic mass is 32.2. The van der Waals surface area contributed by atoms with Gasteiger partial charge in [0.2, 0.25) is 15.9 Å². The molecule has 2 rings (SSSR count). The molecule has 1 aromatic rings. The van der Waals surface area contributed by atoms with Crippen molar-refractivity contribution < 1.29 is 22.0 Å². The summed E-state index contributed by atoms with van der Waals surface area (Å²) in [7, 11) is -3.72. The summed E-state index contributed by atoms with van der Waals surface area (Å²) in [6.07, 6.45) is -0.0615. The molecule has 1 aliphatic rings. The second-order valence-electron chi connectivity index (χ2n) is 4.72. The summed E-state index contributed by atoms with van der Waals surface area (Å²) in [5.74, 6) is -3.18. The van der Waals surface area contributed by atoms with Crippen molar-refractivity contribution in [2.24, 2.45) is 11.1 Å². The first-order chi connectivity index (χ1) is 9.17. The molecular formula is C11H13F2N3O3S. The molecule has 1 unspecified atom stereocenters. The maximum Gasteiger partial charge on any atom is 0.227 e. The number of sulfonamides is 1. The molecule has 4 N–H and O–H groups in total. The first-order valence-corrected chi connectivity index (χ1v) is 7.44. The summed E-state index contributed by atoms with van der Waals surface area (Å²) in [4.78, 5) is 12.9. The van der Waals surface area contributed by atoms with Gasteiger partial charge in [-0.05, 0) is 6.07 Å². The average Bonchev–Trinajstić information content (AvgIpc) is 2.62. The monoisotopic (exact) mass is 305 g/mol. The maximum absolute atomic E-state index is 13.4. The van der Waals surface area contributed by atoms with E-state index in [-0.39, 0.29) is 30.1 Å². The molecule has 6 nitrogen and oxygen atoms in total. The van der Waals surface area contributed by atoms with E-state index in [4.69, 9.17) is 10.9 Å². The van der Waals surface area contributed by atoms with Crippen molar-refractivity contribution in [2.75, 3.05) is 22.9 Å². The zero-order chi connectivity index (χ0) is 15.1. The number of nitrogens with zero attached hydrogens (tertiary/aromatic N) is 1. The van der Waals surface area contributed by atoms with E-state index in [2.05, 4.69) is 0 Å². The highest BCUT2D eigenvalue weighted by Gasteiger charge is 2.34. The van der Waals surface area contributed by atoms with Crippen LogP contribution in [0, 0.1) is 17.6 Å². The van der Waals surface area contributed by atoms with E-state index in [0.29, 0.717) is 6.07 Å². The highest BCUT2D eigenvalue weighted by Crippen LogP contribution is 2.32. The smallest absolute Gasteiger partial charge is 0.227 e. The molecule has 1 heterocycles. The topological polar surface area (TPSA) is 106 Å². The molecule has 1 amide bonds. The predicted octanol–water partition coefficient (Wildman–Crippen LogP) is 0.188. The zero-order valence-corrected chi connectivity index (χ0v) is 11.2. The highest BCUT2D eigenvalue weighted by molar-refractivity contribution is 7.89. The van der Waals surface area contributed by atoms with Gasteiger partial charge in [0.1, 0.15) is 5.82 Å². The molecule has 1 aromatic carbocycles. The Hall–Kier alpha value is -1.74. The number of primary sulfonamides is 1. The first kappa shape index (κ1) is 14.7. The Bertz CT molecular complexity index is 663. The fourth-order valence-corrected chi connectivity index (χ4v) is 3.13. The Morgan fingerprint density at radius 1 is 1.35 bits per heavy atom. The summed E-state index contributed by atoms with van der Waals surface area (Å²) in [5.41, 5.74) is 5.04. The number of carbonyl (C=O) groups excluding carboxylic acids is 1. The largest absolute Gasteiger partial charge is 0.395 e. The average molecular weight is 305 g/mol. The fraction of sp³-hybridized carbons (Fsp3) is 0.364. The fourth-order valence-electron chi connectivity index (χ4n) is 2.25. The summed E-state index contributed by atoms with van der Waals surface area (Å²) in [5, 5.41) is 4.92. The summed E-state index contributed by atoms with van der Waals surface area (Å²) in [6, 6.07) is 1.55. The van der Waals surface area contributed by atoms with E-state index in [1.165, 1.54) is 0 Å². The number of halogens is 2. The van der Waals surface area contributed by atoms with Gasteiger partial charge in [-0.3, -0.25) is 4.79 Å². The van der Waals surface area contributed by atoms with Gasteiger partial charge in [0.25, 0.3) is 0 Å². The lowest BCUT2D eigenvalue weighted by Crippen LogP contribution is -2.28. The molecular weight excluding hydrogens is 292 g/mol. The van der Waals surface area contributed by atoms with Crippen molar-refractivity contribution in [1.82, 2.24) is 0 Å².